The molecule has 216 valence electrons. The second-order valence-electron chi connectivity index (χ2n) is 12.4. The van der Waals surface area contributed by atoms with Crippen LogP contribution in [0.25, 0.3) is 53.5 Å². The molecule has 0 fully saturated rings. The number of fused-ring (bicyclic) bond motifs is 7. The second kappa shape index (κ2) is 10.5. The Balaban J connectivity index is 1.19. The molecule has 0 heterocycles. The van der Waals surface area contributed by atoms with Crippen LogP contribution in [0.4, 0.5) is 28.4 Å². The largest absolute Gasteiger partial charge is 0.311 e. The quantitative estimate of drug-likeness (QED) is 0.147. The fraction of sp³-hybridized carbons (Fsp3) is 0.0698. The van der Waals surface area contributed by atoms with Gasteiger partial charge in [-0.15, -0.1) is 0 Å². The maximum atomic E-state index is 7.36. The molecule has 1 aliphatic rings. The van der Waals surface area contributed by atoms with Crippen molar-refractivity contribution in [2.45, 2.75) is 19.3 Å². The Hall–Kier alpha value is -6.16. The summed E-state index contributed by atoms with van der Waals surface area (Å²) < 4.78 is 0. The van der Waals surface area contributed by atoms with E-state index in [-0.39, 0.29) is 5.41 Å². The Morgan fingerprint density at radius 3 is 1.70 bits per heavy atom. The summed E-state index contributed by atoms with van der Waals surface area (Å²) in [5.41, 5.74) is 11.7. The number of hydrogen-bond donors (Lipinski definition) is 0. The average molecular weight is 588 g/mol. The molecule has 0 amide bonds. The summed E-state index contributed by atoms with van der Waals surface area (Å²) in [5.74, 6) is 0. The summed E-state index contributed by atoms with van der Waals surface area (Å²) >= 11 is 0. The summed E-state index contributed by atoms with van der Waals surface area (Å²) in [4.78, 5) is 9.27. The van der Waals surface area contributed by atoms with Crippen LogP contribution >= 0.6 is 0 Å². The van der Waals surface area contributed by atoms with E-state index >= 15 is 0 Å². The van der Waals surface area contributed by atoms with Crippen molar-refractivity contribution in [3.8, 4) is 22.3 Å². The summed E-state index contributed by atoms with van der Waals surface area (Å²) in [7, 11) is 0. The van der Waals surface area contributed by atoms with Crippen molar-refractivity contribution in [3.05, 3.63) is 173 Å². The van der Waals surface area contributed by atoms with Crippen molar-refractivity contribution in [1.82, 2.24) is 0 Å². The topological polar surface area (TPSA) is 12.0 Å². The van der Waals surface area contributed by atoms with Crippen LogP contribution in [0, 0.1) is 13.1 Å². The van der Waals surface area contributed by atoms with Gasteiger partial charge in [-0.25, -0.2) is 9.69 Å². The Morgan fingerprint density at radius 2 is 1.07 bits per heavy atom. The Morgan fingerprint density at radius 1 is 0.500 bits per heavy atom. The van der Waals surface area contributed by atoms with Gasteiger partial charge < -0.3 is 4.90 Å². The van der Waals surface area contributed by atoms with Gasteiger partial charge in [0.2, 0.25) is 0 Å². The summed E-state index contributed by atoms with van der Waals surface area (Å²) in [6.07, 6.45) is 0. The third kappa shape index (κ3) is 4.26. The van der Waals surface area contributed by atoms with E-state index < -0.39 is 0 Å². The summed E-state index contributed by atoms with van der Waals surface area (Å²) in [5, 5.41) is 5.18. The van der Waals surface area contributed by atoms with Gasteiger partial charge in [0.05, 0.1) is 13.1 Å². The first kappa shape index (κ1) is 27.4. The number of rotatable bonds is 4. The molecule has 0 atom stereocenters. The molecule has 0 unspecified atom stereocenters. The van der Waals surface area contributed by atoms with Crippen molar-refractivity contribution in [1.29, 1.82) is 0 Å². The van der Waals surface area contributed by atoms with E-state index in [4.69, 9.17) is 13.1 Å². The minimum atomic E-state index is -0.119. The summed E-state index contributed by atoms with van der Waals surface area (Å²) in [6.45, 7) is 19.4. The standard InChI is InChI=1S/C43H29N3/c1-43(2)40-26-25-37-36-8-6-5-7-29(36)11-23-38(37)42(40)39-24-12-30(27-41(39)43)28-9-17-33(18-10-28)46(34-19-13-31(44-3)14-20-34)35-21-15-32(45-4)16-22-35/h5-27H,1-2H3. The lowest BCUT2D eigenvalue weighted by Crippen LogP contribution is -2.15. The van der Waals surface area contributed by atoms with Crippen molar-refractivity contribution in [2.24, 2.45) is 0 Å². The van der Waals surface area contributed by atoms with E-state index in [0.717, 1.165) is 22.6 Å². The van der Waals surface area contributed by atoms with Crippen LogP contribution in [0.3, 0.4) is 0 Å². The van der Waals surface area contributed by atoms with Crippen LogP contribution in [0.5, 0.6) is 0 Å². The maximum Gasteiger partial charge on any atom is 0.187 e. The van der Waals surface area contributed by atoms with E-state index in [1.54, 1.807) is 0 Å². The average Bonchev–Trinajstić information content (AvgIpc) is 3.35. The van der Waals surface area contributed by atoms with E-state index in [0.29, 0.717) is 11.4 Å². The summed E-state index contributed by atoms with van der Waals surface area (Å²) in [6, 6.07) is 48.7. The molecular formula is C43H29N3. The third-order valence-corrected chi connectivity index (χ3v) is 9.49. The minimum Gasteiger partial charge on any atom is -0.311 e. The van der Waals surface area contributed by atoms with Gasteiger partial charge in [-0.3, -0.25) is 0 Å². The van der Waals surface area contributed by atoms with Crippen LogP contribution in [0.2, 0.25) is 0 Å². The molecule has 0 N–H and O–H groups in total. The second-order valence-corrected chi connectivity index (χ2v) is 12.4. The van der Waals surface area contributed by atoms with E-state index in [1.165, 1.54) is 49.4 Å². The number of anilines is 3. The van der Waals surface area contributed by atoms with Gasteiger partial charge in [-0.2, -0.15) is 0 Å². The normalized spacial score (nSPS) is 12.7. The van der Waals surface area contributed by atoms with Gasteiger partial charge in [0.15, 0.2) is 11.4 Å². The SMILES string of the molecule is [C-]#[N+]c1ccc(N(c2ccc([N+]#[C-])cc2)c2ccc(-c3ccc4c(c3)C(C)(C)c3ccc5c(ccc6ccccc65)c3-4)cc2)cc1. The lowest BCUT2D eigenvalue weighted by atomic mass is 9.81. The molecule has 3 heteroatoms. The van der Waals surface area contributed by atoms with Crippen molar-refractivity contribution >= 4 is 50.0 Å². The van der Waals surface area contributed by atoms with Gasteiger partial charge in [-0.1, -0.05) is 111 Å². The van der Waals surface area contributed by atoms with Crippen LogP contribution in [0.15, 0.2) is 140 Å². The monoisotopic (exact) mass is 587 g/mol. The van der Waals surface area contributed by atoms with Crippen molar-refractivity contribution < 1.29 is 0 Å². The predicted octanol–water partition coefficient (Wildman–Crippen LogP) is 12.5. The first-order valence-corrected chi connectivity index (χ1v) is 15.4. The zero-order chi connectivity index (χ0) is 31.4. The number of benzene rings is 7. The first-order chi connectivity index (χ1) is 22.5. The molecule has 7 aromatic carbocycles. The molecule has 0 aliphatic heterocycles. The van der Waals surface area contributed by atoms with Gasteiger partial charge in [0.25, 0.3) is 0 Å². The molecule has 3 nitrogen and oxygen atoms in total. The molecule has 0 spiro atoms. The smallest absolute Gasteiger partial charge is 0.187 e. The molecule has 0 aromatic heterocycles. The molecule has 0 saturated carbocycles. The number of hydrogen-bond acceptors (Lipinski definition) is 1. The van der Waals surface area contributed by atoms with Crippen LogP contribution in [-0.4, -0.2) is 0 Å². The fourth-order valence-corrected chi connectivity index (χ4v) is 7.11. The fourth-order valence-electron chi connectivity index (χ4n) is 7.11. The van der Waals surface area contributed by atoms with Gasteiger partial charge >= 0.3 is 0 Å². The zero-order valence-corrected chi connectivity index (χ0v) is 25.6. The molecule has 0 bridgehead atoms. The highest BCUT2D eigenvalue weighted by Gasteiger charge is 2.36. The Kier molecular flexibility index (Phi) is 6.24. The third-order valence-electron chi connectivity index (χ3n) is 9.49. The van der Waals surface area contributed by atoms with Crippen molar-refractivity contribution in [3.63, 3.8) is 0 Å². The predicted molar refractivity (Wildman–Crippen MR) is 192 cm³/mol. The molecule has 8 rings (SSSR count). The maximum absolute atomic E-state index is 7.36. The van der Waals surface area contributed by atoms with Gasteiger partial charge in [0.1, 0.15) is 0 Å². The molecule has 0 saturated heterocycles. The molecule has 1 aliphatic carbocycles. The van der Waals surface area contributed by atoms with Gasteiger partial charge in [0, 0.05) is 22.5 Å². The Labute approximate surface area is 269 Å². The Bertz CT molecular complexity index is 2330. The highest BCUT2D eigenvalue weighted by atomic mass is 15.1. The lowest BCUT2D eigenvalue weighted by molar-refractivity contribution is 0.661. The van der Waals surface area contributed by atoms with E-state index in [2.05, 4.69) is 119 Å². The highest BCUT2D eigenvalue weighted by Crippen LogP contribution is 2.52. The molecular weight excluding hydrogens is 558 g/mol. The number of nitrogens with zero attached hydrogens (tertiary/aromatic N) is 3. The van der Waals surface area contributed by atoms with E-state index in [1.807, 2.05) is 48.5 Å². The lowest BCUT2D eigenvalue weighted by Gasteiger charge is -2.26. The van der Waals surface area contributed by atoms with Crippen LogP contribution in [0.1, 0.15) is 25.0 Å². The molecule has 7 aromatic rings. The molecule has 46 heavy (non-hydrogen) atoms. The van der Waals surface area contributed by atoms with Crippen molar-refractivity contribution in [2.75, 3.05) is 4.90 Å². The molecule has 0 radical (unpaired) electrons. The van der Waals surface area contributed by atoms with Gasteiger partial charge in [-0.05, 0) is 97.4 Å². The van der Waals surface area contributed by atoms with Crippen LogP contribution < -0.4 is 4.90 Å². The van der Waals surface area contributed by atoms with E-state index in [9.17, 15) is 0 Å². The minimum absolute atomic E-state index is 0.119. The van der Waals surface area contributed by atoms with Crippen LogP contribution in [-0.2, 0) is 5.41 Å². The zero-order valence-electron chi connectivity index (χ0n) is 25.6. The highest BCUT2D eigenvalue weighted by molar-refractivity contribution is 6.14. The first-order valence-electron chi connectivity index (χ1n) is 15.4.